The third-order valence-electron chi connectivity index (χ3n) is 2.50. The second-order valence-electron chi connectivity index (χ2n) is 3.38. The Morgan fingerprint density at radius 3 is 2.76 bits per heavy atom. The molecule has 0 saturated heterocycles. The van der Waals surface area contributed by atoms with E-state index in [9.17, 15) is 4.79 Å². The van der Waals surface area contributed by atoms with Gasteiger partial charge in [0.2, 0.25) is 0 Å². The number of ketones is 1. The van der Waals surface area contributed by atoms with Crippen molar-refractivity contribution in [3.05, 3.63) is 24.0 Å². The van der Waals surface area contributed by atoms with E-state index in [4.69, 9.17) is 13.9 Å². The standard InChI is InChI=1S/C12H11BrO4/c1-15-10-5-9-7(3-4-17-9)12(16-2)11(10)8(14)6-13/h3-5H,6H2,1-2H3. The summed E-state index contributed by atoms with van der Waals surface area (Å²) in [5.41, 5.74) is 1.06. The fraction of sp³-hybridized carbons (Fsp3) is 0.250. The smallest absolute Gasteiger partial charge is 0.180 e. The third kappa shape index (κ3) is 1.91. The van der Waals surface area contributed by atoms with E-state index in [0.717, 1.165) is 5.39 Å². The first-order valence-electron chi connectivity index (χ1n) is 4.94. The van der Waals surface area contributed by atoms with E-state index in [0.29, 0.717) is 22.6 Å². The number of benzene rings is 1. The lowest BCUT2D eigenvalue weighted by atomic mass is 10.1. The number of hydrogen-bond donors (Lipinski definition) is 0. The Kier molecular flexibility index (Phi) is 3.38. The summed E-state index contributed by atoms with van der Waals surface area (Å²) >= 11 is 3.15. The zero-order chi connectivity index (χ0) is 12.4. The highest BCUT2D eigenvalue weighted by atomic mass is 79.9. The van der Waals surface area contributed by atoms with Crippen molar-refractivity contribution in [3.8, 4) is 11.5 Å². The van der Waals surface area contributed by atoms with Crippen LogP contribution < -0.4 is 9.47 Å². The highest BCUT2D eigenvalue weighted by Crippen LogP contribution is 2.37. The number of ether oxygens (including phenoxy) is 2. The van der Waals surface area contributed by atoms with E-state index in [1.54, 1.807) is 18.4 Å². The Bertz CT molecular complexity index is 559. The molecule has 0 saturated carbocycles. The Hall–Kier alpha value is -1.49. The van der Waals surface area contributed by atoms with Crippen molar-refractivity contribution in [2.45, 2.75) is 0 Å². The van der Waals surface area contributed by atoms with E-state index in [1.165, 1.54) is 14.2 Å². The lowest BCUT2D eigenvalue weighted by molar-refractivity contribution is 0.101. The van der Waals surface area contributed by atoms with Gasteiger partial charge in [-0.15, -0.1) is 0 Å². The van der Waals surface area contributed by atoms with Crippen LogP contribution in [0.15, 0.2) is 22.8 Å². The number of alkyl halides is 1. The molecule has 1 heterocycles. The van der Waals surface area contributed by atoms with Crippen LogP contribution in [0, 0.1) is 0 Å². The quantitative estimate of drug-likeness (QED) is 0.643. The second-order valence-corrected chi connectivity index (χ2v) is 3.94. The van der Waals surface area contributed by atoms with Gasteiger partial charge < -0.3 is 13.9 Å². The fourth-order valence-corrected chi connectivity index (χ4v) is 2.04. The summed E-state index contributed by atoms with van der Waals surface area (Å²) in [7, 11) is 3.03. The predicted molar refractivity (Wildman–Crippen MR) is 67.4 cm³/mol. The number of carbonyl (C=O) groups excluding carboxylic acids is 1. The highest BCUT2D eigenvalue weighted by molar-refractivity contribution is 9.09. The Morgan fingerprint density at radius 2 is 2.18 bits per heavy atom. The Morgan fingerprint density at radius 1 is 1.41 bits per heavy atom. The molecule has 0 spiro atoms. The molecule has 0 bridgehead atoms. The van der Waals surface area contributed by atoms with Crippen LogP contribution in [0.4, 0.5) is 0 Å². The molecule has 0 unspecified atom stereocenters. The number of methoxy groups -OCH3 is 2. The summed E-state index contributed by atoms with van der Waals surface area (Å²) in [4.78, 5) is 11.9. The van der Waals surface area contributed by atoms with Gasteiger partial charge in [-0.05, 0) is 6.07 Å². The molecule has 0 fully saturated rings. The molecular formula is C12H11BrO4. The van der Waals surface area contributed by atoms with Crippen LogP contribution in [0.1, 0.15) is 10.4 Å². The molecule has 0 atom stereocenters. The minimum absolute atomic E-state index is 0.0956. The number of carbonyl (C=O) groups is 1. The molecule has 0 aliphatic rings. The van der Waals surface area contributed by atoms with Gasteiger partial charge in [0.1, 0.15) is 22.6 Å². The number of halogens is 1. The van der Waals surface area contributed by atoms with Crippen molar-refractivity contribution < 1.29 is 18.7 Å². The minimum Gasteiger partial charge on any atom is -0.496 e. The summed E-state index contributed by atoms with van der Waals surface area (Å²) in [6.07, 6.45) is 1.55. The molecule has 2 aromatic rings. The summed E-state index contributed by atoms with van der Waals surface area (Å²) in [6, 6.07) is 3.45. The van der Waals surface area contributed by atoms with E-state index in [1.807, 2.05) is 0 Å². The van der Waals surface area contributed by atoms with Crippen molar-refractivity contribution in [2.24, 2.45) is 0 Å². The van der Waals surface area contributed by atoms with Gasteiger partial charge in [0.25, 0.3) is 0 Å². The van der Waals surface area contributed by atoms with Gasteiger partial charge in [-0.25, -0.2) is 0 Å². The molecule has 90 valence electrons. The number of furan rings is 1. The molecule has 0 aliphatic carbocycles. The summed E-state index contributed by atoms with van der Waals surface area (Å²) in [5.74, 6) is 0.841. The van der Waals surface area contributed by atoms with Gasteiger partial charge in [-0.1, -0.05) is 15.9 Å². The lowest BCUT2D eigenvalue weighted by Crippen LogP contribution is -2.06. The predicted octanol–water partition coefficient (Wildman–Crippen LogP) is 3.03. The Labute approximate surface area is 107 Å². The van der Waals surface area contributed by atoms with Crippen LogP contribution in [0.25, 0.3) is 11.0 Å². The molecule has 5 heteroatoms. The molecule has 0 radical (unpaired) electrons. The van der Waals surface area contributed by atoms with Crippen molar-refractivity contribution in [3.63, 3.8) is 0 Å². The van der Waals surface area contributed by atoms with E-state index in [-0.39, 0.29) is 11.1 Å². The number of rotatable bonds is 4. The molecule has 2 rings (SSSR count). The monoisotopic (exact) mass is 298 g/mol. The minimum atomic E-state index is -0.0956. The lowest BCUT2D eigenvalue weighted by Gasteiger charge is -2.12. The summed E-state index contributed by atoms with van der Waals surface area (Å²) in [6.45, 7) is 0. The largest absolute Gasteiger partial charge is 0.496 e. The maximum Gasteiger partial charge on any atom is 0.180 e. The molecule has 0 amide bonds. The van der Waals surface area contributed by atoms with Crippen molar-refractivity contribution in [1.82, 2.24) is 0 Å². The molecular weight excluding hydrogens is 288 g/mol. The number of hydrogen-bond acceptors (Lipinski definition) is 4. The average Bonchev–Trinajstić information content (AvgIpc) is 2.83. The van der Waals surface area contributed by atoms with Crippen molar-refractivity contribution in [1.29, 1.82) is 0 Å². The van der Waals surface area contributed by atoms with Gasteiger partial charge in [0, 0.05) is 6.07 Å². The maximum absolute atomic E-state index is 11.9. The number of Topliss-reactive ketones (excluding diaryl/α,β-unsaturated/α-hetero) is 1. The fourth-order valence-electron chi connectivity index (χ4n) is 1.76. The first-order chi connectivity index (χ1) is 8.22. The maximum atomic E-state index is 11.9. The van der Waals surface area contributed by atoms with E-state index in [2.05, 4.69) is 15.9 Å². The third-order valence-corrected chi connectivity index (χ3v) is 3.01. The van der Waals surface area contributed by atoms with Crippen LogP contribution >= 0.6 is 15.9 Å². The molecule has 0 N–H and O–H groups in total. The van der Waals surface area contributed by atoms with Crippen LogP contribution in [0.2, 0.25) is 0 Å². The van der Waals surface area contributed by atoms with Crippen molar-refractivity contribution in [2.75, 3.05) is 19.5 Å². The zero-order valence-electron chi connectivity index (χ0n) is 9.45. The van der Waals surface area contributed by atoms with Crippen LogP contribution in [0.5, 0.6) is 11.5 Å². The molecule has 0 aliphatic heterocycles. The van der Waals surface area contributed by atoms with Crippen LogP contribution in [0.3, 0.4) is 0 Å². The highest BCUT2D eigenvalue weighted by Gasteiger charge is 2.21. The van der Waals surface area contributed by atoms with Gasteiger partial charge in [-0.3, -0.25) is 4.79 Å². The first-order valence-corrected chi connectivity index (χ1v) is 6.06. The van der Waals surface area contributed by atoms with Crippen molar-refractivity contribution >= 4 is 32.7 Å². The summed E-state index contributed by atoms with van der Waals surface area (Å²) < 4.78 is 15.8. The van der Waals surface area contributed by atoms with Gasteiger partial charge in [0.05, 0.1) is 31.2 Å². The van der Waals surface area contributed by atoms with Crippen LogP contribution in [-0.4, -0.2) is 25.3 Å². The zero-order valence-corrected chi connectivity index (χ0v) is 11.0. The van der Waals surface area contributed by atoms with Gasteiger partial charge in [0.15, 0.2) is 5.78 Å². The SMILES string of the molecule is COc1cc2occc2c(OC)c1C(=O)CBr. The first kappa shape index (κ1) is 12.0. The molecule has 17 heavy (non-hydrogen) atoms. The summed E-state index contributed by atoms with van der Waals surface area (Å²) in [5, 5.41) is 0.973. The van der Waals surface area contributed by atoms with Crippen LogP contribution in [-0.2, 0) is 0 Å². The van der Waals surface area contributed by atoms with E-state index >= 15 is 0 Å². The van der Waals surface area contributed by atoms with Gasteiger partial charge >= 0.3 is 0 Å². The molecule has 1 aromatic carbocycles. The normalized spacial score (nSPS) is 10.5. The topological polar surface area (TPSA) is 48.7 Å². The average molecular weight is 299 g/mol. The molecule has 4 nitrogen and oxygen atoms in total. The van der Waals surface area contributed by atoms with E-state index < -0.39 is 0 Å². The molecule has 1 aromatic heterocycles. The Balaban J connectivity index is 2.80. The number of fused-ring (bicyclic) bond motifs is 1. The second kappa shape index (κ2) is 4.79. The van der Waals surface area contributed by atoms with Gasteiger partial charge in [-0.2, -0.15) is 0 Å².